The molecule has 2 fully saturated rings. The van der Waals surface area contributed by atoms with Crippen LogP contribution < -0.4 is 5.30 Å². The molecule has 0 aliphatic heterocycles. The molecular weight excluding hydrogens is 283 g/mol. The lowest BCUT2D eigenvalue weighted by molar-refractivity contribution is 0.487. The van der Waals surface area contributed by atoms with Gasteiger partial charge in [0.25, 0.3) is 0 Å². The number of aryl methyl sites for hydroxylation is 3. The van der Waals surface area contributed by atoms with Crippen LogP contribution in [0.4, 0.5) is 0 Å². The molecule has 0 N–H and O–H groups in total. The first-order chi connectivity index (χ1) is 10.7. The molecule has 22 heavy (non-hydrogen) atoms. The molecule has 0 amide bonds. The van der Waals surface area contributed by atoms with Crippen molar-refractivity contribution in [2.75, 3.05) is 0 Å². The molecule has 3 rings (SSSR count). The molecule has 0 atom stereocenters. The lowest BCUT2D eigenvalue weighted by Crippen LogP contribution is -2.28. The van der Waals surface area contributed by atoms with Gasteiger partial charge in [0.05, 0.1) is 0 Å². The lowest BCUT2D eigenvalue weighted by Gasteiger charge is -2.40. The maximum Gasteiger partial charge on any atom is -0.0166 e. The van der Waals surface area contributed by atoms with Gasteiger partial charge in [-0.1, -0.05) is 64.1 Å². The lowest BCUT2D eigenvalue weighted by atomic mass is 9.99. The van der Waals surface area contributed by atoms with Gasteiger partial charge in [-0.2, -0.15) is 0 Å². The minimum absolute atomic E-state index is 0.0538. The van der Waals surface area contributed by atoms with Gasteiger partial charge >= 0.3 is 0 Å². The number of hydrogen-bond donors (Lipinski definition) is 0. The Balaban J connectivity index is 1.96. The molecule has 0 nitrogen and oxygen atoms in total. The summed E-state index contributed by atoms with van der Waals surface area (Å²) in [6.45, 7) is 7.03. The van der Waals surface area contributed by atoms with E-state index in [1.807, 2.05) is 0 Å². The third-order valence-corrected chi connectivity index (χ3v) is 9.66. The highest BCUT2D eigenvalue weighted by Crippen LogP contribution is 2.55. The topological polar surface area (TPSA) is 0 Å². The predicted molar refractivity (Wildman–Crippen MR) is 101 cm³/mol. The van der Waals surface area contributed by atoms with Crippen molar-refractivity contribution in [3.8, 4) is 0 Å². The summed E-state index contributed by atoms with van der Waals surface area (Å²) in [4.78, 5) is 0. The summed E-state index contributed by atoms with van der Waals surface area (Å²) in [6.07, 6.45) is 14.9. The minimum Gasteiger partial charge on any atom is -0.0684 e. The summed E-state index contributed by atoms with van der Waals surface area (Å²) < 4.78 is 0. The second-order valence-electron chi connectivity index (χ2n) is 7.74. The van der Waals surface area contributed by atoms with Gasteiger partial charge in [-0.3, -0.25) is 0 Å². The van der Waals surface area contributed by atoms with E-state index in [2.05, 4.69) is 32.9 Å². The Morgan fingerprint density at radius 2 is 1.09 bits per heavy atom. The molecule has 0 aromatic heterocycles. The average molecular weight is 316 g/mol. The fraction of sp³-hybridized carbons (Fsp3) is 0.714. The summed E-state index contributed by atoms with van der Waals surface area (Å²) in [5, 5.41) is 1.81. The smallest absolute Gasteiger partial charge is 0.0166 e. The molecule has 1 aromatic carbocycles. The first kappa shape index (κ1) is 16.5. The van der Waals surface area contributed by atoms with Crippen LogP contribution in [0, 0.1) is 20.8 Å². The monoisotopic (exact) mass is 316 g/mol. The van der Waals surface area contributed by atoms with Crippen molar-refractivity contribution in [2.45, 2.75) is 96.3 Å². The molecule has 0 spiro atoms. The molecule has 0 bridgehead atoms. The van der Waals surface area contributed by atoms with Crippen molar-refractivity contribution in [2.24, 2.45) is 0 Å². The van der Waals surface area contributed by atoms with Crippen molar-refractivity contribution in [1.82, 2.24) is 0 Å². The molecule has 0 heterocycles. The largest absolute Gasteiger partial charge is 0.0684 e. The molecule has 0 radical (unpaired) electrons. The van der Waals surface area contributed by atoms with Gasteiger partial charge in [0.2, 0.25) is 0 Å². The SMILES string of the molecule is Cc1cc(C)c(P(C2CCCCC2)C2CCCCC2)c(C)c1. The molecule has 2 aliphatic rings. The molecule has 2 saturated carbocycles. The Kier molecular flexibility index (Phi) is 5.61. The Hall–Kier alpha value is -0.350. The highest BCUT2D eigenvalue weighted by molar-refractivity contribution is 7.67. The molecule has 0 unspecified atom stereocenters. The maximum atomic E-state index is 2.45. The van der Waals surface area contributed by atoms with Crippen molar-refractivity contribution in [3.63, 3.8) is 0 Å². The van der Waals surface area contributed by atoms with E-state index in [0.717, 1.165) is 11.3 Å². The summed E-state index contributed by atoms with van der Waals surface area (Å²) in [5.41, 5.74) is 6.68. The van der Waals surface area contributed by atoms with Gasteiger partial charge in [-0.05, 0) is 74.2 Å². The third kappa shape index (κ3) is 3.59. The summed E-state index contributed by atoms with van der Waals surface area (Å²) in [6, 6.07) is 4.90. The van der Waals surface area contributed by atoms with Crippen LogP contribution >= 0.6 is 7.92 Å². The van der Waals surface area contributed by atoms with E-state index >= 15 is 0 Å². The number of benzene rings is 1. The second kappa shape index (κ2) is 7.48. The van der Waals surface area contributed by atoms with Gasteiger partial charge in [0, 0.05) is 0 Å². The van der Waals surface area contributed by atoms with E-state index in [1.165, 1.54) is 69.8 Å². The normalized spacial score (nSPS) is 21.5. The van der Waals surface area contributed by atoms with E-state index in [4.69, 9.17) is 0 Å². The Morgan fingerprint density at radius 3 is 1.50 bits per heavy atom. The zero-order valence-corrected chi connectivity index (χ0v) is 15.7. The van der Waals surface area contributed by atoms with E-state index in [0.29, 0.717) is 0 Å². The predicted octanol–water partition coefficient (Wildman–Crippen LogP) is 6.38. The van der Waals surface area contributed by atoms with E-state index in [1.54, 1.807) is 16.4 Å². The standard InChI is InChI=1S/C21H33P/c1-16-14-17(2)21(18(3)15-16)22(19-10-6-4-7-11-19)20-12-8-5-9-13-20/h14-15,19-20H,4-13H2,1-3H3. The zero-order valence-electron chi connectivity index (χ0n) is 14.8. The average Bonchev–Trinajstić information content (AvgIpc) is 2.52. The highest BCUT2D eigenvalue weighted by Gasteiger charge is 2.33. The summed E-state index contributed by atoms with van der Waals surface area (Å²) >= 11 is 0. The van der Waals surface area contributed by atoms with Crippen LogP contribution in [-0.2, 0) is 0 Å². The van der Waals surface area contributed by atoms with Gasteiger partial charge < -0.3 is 0 Å². The first-order valence-corrected chi connectivity index (χ1v) is 11.0. The van der Waals surface area contributed by atoms with Crippen molar-refractivity contribution < 1.29 is 0 Å². The van der Waals surface area contributed by atoms with Crippen LogP contribution in [0.15, 0.2) is 12.1 Å². The quantitative estimate of drug-likeness (QED) is 0.567. The van der Waals surface area contributed by atoms with Crippen molar-refractivity contribution >= 4 is 13.2 Å². The van der Waals surface area contributed by atoms with Crippen LogP contribution in [0.25, 0.3) is 0 Å². The number of hydrogen-bond acceptors (Lipinski definition) is 0. The molecule has 1 aromatic rings. The van der Waals surface area contributed by atoms with Crippen LogP contribution in [0.3, 0.4) is 0 Å². The Labute approximate surface area is 138 Å². The highest BCUT2D eigenvalue weighted by atomic mass is 31.1. The van der Waals surface area contributed by atoms with Crippen LogP contribution in [0.5, 0.6) is 0 Å². The van der Waals surface area contributed by atoms with Crippen LogP contribution in [0.1, 0.15) is 80.9 Å². The van der Waals surface area contributed by atoms with Crippen molar-refractivity contribution in [3.05, 3.63) is 28.8 Å². The van der Waals surface area contributed by atoms with Gasteiger partial charge in [-0.25, -0.2) is 0 Å². The molecular formula is C21H33P. The maximum absolute atomic E-state index is 2.45. The van der Waals surface area contributed by atoms with Gasteiger partial charge in [0.1, 0.15) is 0 Å². The van der Waals surface area contributed by atoms with Gasteiger partial charge in [-0.15, -0.1) is 0 Å². The van der Waals surface area contributed by atoms with E-state index in [9.17, 15) is 0 Å². The number of rotatable bonds is 3. The fourth-order valence-corrected chi connectivity index (χ4v) is 9.07. The van der Waals surface area contributed by atoms with Crippen LogP contribution in [-0.4, -0.2) is 11.3 Å². The molecule has 2 aliphatic carbocycles. The van der Waals surface area contributed by atoms with E-state index < -0.39 is 0 Å². The second-order valence-corrected chi connectivity index (χ2v) is 10.5. The van der Waals surface area contributed by atoms with Crippen molar-refractivity contribution in [1.29, 1.82) is 0 Å². The van der Waals surface area contributed by atoms with Gasteiger partial charge in [0.15, 0.2) is 0 Å². The summed E-state index contributed by atoms with van der Waals surface area (Å²) in [5.74, 6) is 0. The zero-order chi connectivity index (χ0) is 15.5. The molecule has 1 heteroatoms. The molecule has 0 saturated heterocycles. The minimum atomic E-state index is 0.0538. The summed E-state index contributed by atoms with van der Waals surface area (Å²) in [7, 11) is 0.0538. The van der Waals surface area contributed by atoms with E-state index in [-0.39, 0.29) is 7.92 Å². The fourth-order valence-electron chi connectivity index (χ4n) is 4.96. The third-order valence-electron chi connectivity index (χ3n) is 5.83. The van der Waals surface area contributed by atoms with Crippen LogP contribution in [0.2, 0.25) is 0 Å². The molecule has 122 valence electrons. The Morgan fingerprint density at radius 1 is 0.682 bits per heavy atom. The first-order valence-electron chi connectivity index (χ1n) is 9.53. The Bertz CT molecular complexity index is 452.